The van der Waals surface area contributed by atoms with E-state index >= 15 is 0 Å². The third-order valence-corrected chi connectivity index (χ3v) is 4.72. The highest BCUT2D eigenvalue weighted by Crippen LogP contribution is 2.40. The highest BCUT2D eigenvalue weighted by atomic mass is 16.5. The molecule has 0 saturated heterocycles. The second-order valence-corrected chi connectivity index (χ2v) is 7.35. The first-order chi connectivity index (χ1) is 11.8. The minimum absolute atomic E-state index is 0.252. The fourth-order valence-corrected chi connectivity index (χ4v) is 3.35. The van der Waals surface area contributed by atoms with Crippen LogP contribution in [0.4, 0.5) is 0 Å². The quantitative estimate of drug-likeness (QED) is 0.507. The molecule has 1 aliphatic carbocycles. The second-order valence-electron chi connectivity index (χ2n) is 7.35. The normalized spacial score (nSPS) is 17.9. The predicted molar refractivity (Wildman–Crippen MR) is 103 cm³/mol. The van der Waals surface area contributed by atoms with Crippen LogP contribution in [0.5, 0.6) is 0 Å². The van der Waals surface area contributed by atoms with Gasteiger partial charge in [-0.25, -0.2) is 9.78 Å². The number of allylic oxidation sites excluding steroid dienone is 5. The van der Waals surface area contributed by atoms with Gasteiger partial charge in [0.1, 0.15) is 5.69 Å². The van der Waals surface area contributed by atoms with Crippen molar-refractivity contribution in [3.63, 3.8) is 0 Å². The molecule has 0 unspecified atom stereocenters. The molecule has 0 bridgehead atoms. The van der Waals surface area contributed by atoms with Gasteiger partial charge in [0.15, 0.2) is 0 Å². The number of esters is 1. The van der Waals surface area contributed by atoms with E-state index in [1.54, 1.807) is 19.2 Å². The van der Waals surface area contributed by atoms with E-state index in [2.05, 4.69) is 50.9 Å². The fraction of sp³-hybridized carbons (Fsp3) is 0.455. The van der Waals surface area contributed by atoms with Crippen LogP contribution in [0.25, 0.3) is 6.08 Å². The molecule has 134 valence electrons. The van der Waals surface area contributed by atoms with E-state index in [-0.39, 0.29) is 11.4 Å². The molecule has 0 fully saturated rings. The third-order valence-electron chi connectivity index (χ3n) is 4.72. The third kappa shape index (κ3) is 5.15. The lowest BCUT2D eigenvalue weighted by molar-refractivity contribution is 0.0519. The number of carbonyl (C=O) groups is 1. The smallest absolute Gasteiger partial charge is 0.356 e. The van der Waals surface area contributed by atoms with Crippen LogP contribution in [0.3, 0.4) is 0 Å². The van der Waals surface area contributed by atoms with Gasteiger partial charge in [-0.1, -0.05) is 49.3 Å². The zero-order chi connectivity index (χ0) is 18.4. The number of nitrogens with zero attached hydrogens (tertiary/aromatic N) is 1. The van der Waals surface area contributed by atoms with Crippen LogP contribution in [0.1, 0.15) is 69.9 Å². The average Bonchev–Trinajstić information content (AvgIpc) is 2.54. The maximum atomic E-state index is 11.6. The predicted octanol–water partition coefficient (Wildman–Crippen LogP) is 5.74. The van der Waals surface area contributed by atoms with E-state index in [0.29, 0.717) is 12.3 Å². The summed E-state index contributed by atoms with van der Waals surface area (Å²) in [5, 5.41) is 0. The zero-order valence-corrected chi connectivity index (χ0v) is 16.1. The van der Waals surface area contributed by atoms with Crippen molar-refractivity contribution < 1.29 is 9.53 Å². The molecule has 3 nitrogen and oxygen atoms in total. The van der Waals surface area contributed by atoms with Crippen molar-refractivity contribution in [3.8, 4) is 0 Å². The van der Waals surface area contributed by atoms with Gasteiger partial charge in [0.05, 0.1) is 6.61 Å². The summed E-state index contributed by atoms with van der Waals surface area (Å²) in [5.41, 5.74) is 5.69. The van der Waals surface area contributed by atoms with E-state index < -0.39 is 0 Å². The minimum atomic E-state index is -0.378. The van der Waals surface area contributed by atoms with Crippen LogP contribution >= 0.6 is 0 Å². The lowest BCUT2D eigenvalue weighted by Crippen LogP contribution is -2.19. The summed E-state index contributed by atoms with van der Waals surface area (Å²) in [4.78, 5) is 15.8. The van der Waals surface area contributed by atoms with Gasteiger partial charge < -0.3 is 4.74 Å². The van der Waals surface area contributed by atoms with Crippen LogP contribution in [0.2, 0.25) is 0 Å². The van der Waals surface area contributed by atoms with Gasteiger partial charge >= 0.3 is 5.97 Å². The number of rotatable bonds is 5. The number of hydrogen-bond donors (Lipinski definition) is 0. The van der Waals surface area contributed by atoms with Crippen molar-refractivity contribution in [3.05, 3.63) is 58.5 Å². The van der Waals surface area contributed by atoms with Crippen LogP contribution in [0.15, 0.2) is 47.2 Å². The summed E-state index contributed by atoms with van der Waals surface area (Å²) < 4.78 is 4.95. The molecule has 1 aromatic heterocycles. The van der Waals surface area contributed by atoms with Crippen molar-refractivity contribution in [2.75, 3.05) is 6.61 Å². The number of hydrogen-bond acceptors (Lipinski definition) is 3. The van der Waals surface area contributed by atoms with Gasteiger partial charge in [0.25, 0.3) is 0 Å². The molecule has 0 aromatic carbocycles. The van der Waals surface area contributed by atoms with Crippen LogP contribution in [0, 0.1) is 5.41 Å². The molecular weight excluding hydrogens is 310 g/mol. The summed E-state index contributed by atoms with van der Waals surface area (Å²) >= 11 is 0. The van der Waals surface area contributed by atoms with Gasteiger partial charge in [0.2, 0.25) is 0 Å². The van der Waals surface area contributed by atoms with Crippen molar-refractivity contribution in [1.82, 2.24) is 4.98 Å². The molecule has 0 spiro atoms. The lowest BCUT2D eigenvalue weighted by atomic mass is 9.72. The second kappa shape index (κ2) is 8.28. The first kappa shape index (κ1) is 19.2. The topological polar surface area (TPSA) is 39.2 Å². The summed E-state index contributed by atoms with van der Waals surface area (Å²) in [6.07, 6.45) is 11.9. The molecule has 3 heteroatoms. The zero-order valence-electron chi connectivity index (χ0n) is 16.1. The van der Waals surface area contributed by atoms with Crippen molar-refractivity contribution in [2.45, 2.75) is 53.9 Å². The van der Waals surface area contributed by atoms with E-state index in [4.69, 9.17) is 4.74 Å². The number of pyridine rings is 1. The van der Waals surface area contributed by atoms with Crippen molar-refractivity contribution >= 4 is 12.0 Å². The Kier molecular flexibility index (Phi) is 6.35. The Morgan fingerprint density at radius 1 is 1.36 bits per heavy atom. The molecule has 0 radical (unpaired) electrons. The monoisotopic (exact) mass is 339 g/mol. The lowest BCUT2D eigenvalue weighted by Gasteiger charge is -2.32. The molecule has 0 saturated carbocycles. The molecule has 1 aliphatic rings. The highest BCUT2D eigenvalue weighted by molar-refractivity contribution is 5.87. The Hall–Kier alpha value is -2.16. The van der Waals surface area contributed by atoms with E-state index in [1.165, 1.54) is 30.4 Å². The molecule has 0 aliphatic heterocycles. The van der Waals surface area contributed by atoms with Crippen molar-refractivity contribution in [1.29, 1.82) is 0 Å². The van der Waals surface area contributed by atoms with Crippen LogP contribution in [-0.4, -0.2) is 17.6 Å². The number of carbonyl (C=O) groups excluding carboxylic acids is 1. The van der Waals surface area contributed by atoms with E-state index in [0.717, 1.165) is 11.1 Å². The Labute approximate surface area is 151 Å². The Balaban J connectivity index is 2.12. The molecule has 1 aromatic rings. The Bertz CT molecular complexity index is 706. The molecular formula is C22H29NO2. The maximum Gasteiger partial charge on any atom is 0.356 e. The maximum absolute atomic E-state index is 11.6. The van der Waals surface area contributed by atoms with E-state index in [1.807, 2.05) is 6.07 Å². The number of aromatic nitrogens is 1. The molecule has 25 heavy (non-hydrogen) atoms. The summed E-state index contributed by atoms with van der Waals surface area (Å²) in [6, 6.07) is 3.60. The van der Waals surface area contributed by atoms with Crippen molar-refractivity contribution in [2.24, 2.45) is 5.41 Å². The minimum Gasteiger partial charge on any atom is -0.461 e. The highest BCUT2D eigenvalue weighted by Gasteiger charge is 2.26. The summed E-state index contributed by atoms with van der Waals surface area (Å²) in [6.45, 7) is 11.1. The summed E-state index contributed by atoms with van der Waals surface area (Å²) in [5.74, 6) is -0.378. The van der Waals surface area contributed by atoms with Crippen LogP contribution in [-0.2, 0) is 4.74 Å². The molecule has 2 rings (SSSR count). The fourth-order valence-electron chi connectivity index (χ4n) is 3.35. The largest absolute Gasteiger partial charge is 0.461 e. The molecule has 1 heterocycles. The van der Waals surface area contributed by atoms with Gasteiger partial charge in [-0.15, -0.1) is 0 Å². The first-order valence-corrected chi connectivity index (χ1v) is 9.03. The SMILES string of the molecule is CCOC(=O)c1ccc(/C=C(C)/C=C/C2=C(C)CCCC2(C)C)cn1. The Morgan fingerprint density at radius 2 is 2.12 bits per heavy atom. The standard InChI is InChI=1S/C22H29NO2/c1-6-25-21(24)20-12-10-18(15-23-20)14-16(2)9-11-19-17(3)8-7-13-22(19,4)5/h9-12,14-15H,6-8,13H2,1-5H3/b11-9+,16-14+. The molecule has 0 atom stereocenters. The van der Waals surface area contributed by atoms with Gasteiger partial charge in [0, 0.05) is 6.20 Å². The van der Waals surface area contributed by atoms with Gasteiger partial charge in [-0.2, -0.15) is 0 Å². The van der Waals surface area contributed by atoms with Gasteiger partial charge in [-0.05, 0) is 62.7 Å². The molecule has 0 N–H and O–H groups in total. The summed E-state index contributed by atoms with van der Waals surface area (Å²) in [7, 11) is 0. The number of ether oxygens (including phenoxy) is 1. The average molecular weight is 339 g/mol. The van der Waals surface area contributed by atoms with E-state index in [9.17, 15) is 4.79 Å². The first-order valence-electron chi connectivity index (χ1n) is 9.03. The Morgan fingerprint density at radius 3 is 2.72 bits per heavy atom. The van der Waals surface area contributed by atoms with Crippen LogP contribution < -0.4 is 0 Å². The van der Waals surface area contributed by atoms with Gasteiger partial charge in [-0.3, -0.25) is 0 Å². The molecule has 0 amide bonds.